The van der Waals surface area contributed by atoms with Gasteiger partial charge in [-0.2, -0.15) is 0 Å². The second kappa shape index (κ2) is 47.0. The summed E-state index contributed by atoms with van der Waals surface area (Å²) >= 11 is 0. The molecule has 0 aromatic carbocycles. The van der Waals surface area contributed by atoms with Gasteiger partial charge < -0.3 is 23.8 Å². The van der Waals surface area contributed by atoms with Crippen molar-refractivity contribution in [3.8, 4) is 0 Å². The monoisotopic (exact) mass is 909 g/mol. The van der Waals surface area contributed by atoms with Crippen molar-refractivity contribution in [1.82, 2.24) is 0 Å². The number of allylic oxidation sites excluding steroid dienone is 14. The topological polar surface area (TPSA) is 99.1 Å². The summed E-state index contributed by atoms with van der Waals surface area (Å²) in [4.78, 5) is 37.2. The molecular formula is C57H98NO7+. The molecule has 0 spiro atoms. The second-order valence-electron chi connectivity index (χ2n) is 18.5. The molecule has 0 aliphatic carbocycles. The van der Waals surface area contributed by atoms with Gasteiger partial charge in [0.25, 0.3) is 0 Å². The van der Waals surface area contributed by atoms with Crippen molar-refractivity contribution in [3.05, 3.63) is 85.1 Å². The molecule has 8 heteroatoms. The molecule has 65 heavy (non-hydrogen) atoms. The van der Waals surface area contributed by atoms with Crippen LogP contribution in [0.15, 0.2) is 85.1 Å². The molecule has 0 radical (unpaired) electrons. The molecule has 0 fully saturated rings. The number of esters is 2. The van der Waals surface area contributed by atoms with Gasteiger partial charge in [-0.15, -0.1) is 0 Å². The number of rotatable bonds is 46. The zero-order chi connectivity index (χ0) is 47.7. The molecule has 0 saturated carbocycles. The summed E-state index contributed by atoms with van der Waals surface area (Å²) in [6.45, 7) is 4.62. The standard InChI is InChI=1S/C57H97NO7/c1-6-8-10-12-14-16-18-20-22-24-26-27-28-29-30-32-34-36-38-40-42-44-46-48-56(60)65-53(51-63-50-49-54(57(61)62)58(3,4)5)52-64-55(59)47-45-43-41-39-37-35-33-31-25-23-21-19-17-15-13-11-9-7-2/h11,13,15,17,19,21,23,25-27,29-31,33,53-54H,6-10,12,14,16,18,20,22,24,28,32,34-52H2,1-5H3/p+1/b13-11+,17-15+,21-19+,25-23+,27-26+,30-29+,33-31+. The molecular weight excluding hydrogens is 811 g/mol. The van der Waals surface area contributed by atoms with Crippen LogP contribution >= 0.6 is 0 Å². The van der Waals surface area contributed by atoms with E-state index in [1.807, 2.05) is 57.6 Å². The van der Waals surface area contributed by atoms with Crippen LogP contribution in [-0.4, -0.2) is 80.6 Å². The maximum atomic E-state index is 12.8. The lowest BCUT2D eigenvalue weighted by Crippen LogP contribution is -2.50. The number of nitrogens with zero attached hydrogens (tertiary/aromatic N) is 1. The van der Waals surface area contributed by atoms with E-state index in [0.717, 1.165) is 77.0 Å². The van der Waals surface area contributed by atoms with Gasteiger partial charge in [0, 0.05) is 19.3 Å². The minimum atomic E-state index is -0.883. The van der Waals surface area contributed by atoms with Crippen LogP contribution in [0, 0.1) is 0 Å². The highest BCUT2D eigenvalue weighted by Crippen LogP contribution is 2.14. The van der Waals surface area contributed by atoms with E-state index in [9.17, 15) is 19.5 Å². The average molecular weight is 909 g/mol. The Bertz CT molecular complexity index is 1330. The number of carboxylic acids is 1. The minimum Gasteiger partial charge on any atom is -0.477 e. The third kappa shape index (κ3) is 45.5. The summed E-state index contributed by atoms with van der Waals surface area (Å²) in [7, 11) is 5.52. The van der Waals surface area contributed by atoms with Crippen LogP contribution < -0.4 is 0 Å². The molecule has 372 valence electrons. The van der Waals surface area contributed by atoms with Crippen LogP contribution in [0.5, 0.6) is 0 Å². The number of ether oxygens (including phenoxy) is 3. The van der Waals surface area contributed by atoms with Gasteiger partial charge in [0.2, 0.25) is 0 Å². The van der Waals surface area contributed by atoms with Crippen molar-refractivity contribution in [3.63, 3.8) is 0 Å². The Hall–Kier alpha value is -3.49. The Morgan fingerprint density at radius 3 is 1.38 bits per heavy atom. The third-order valence-corrected chi connectivity index (χ3v) is 11.4. The number of hydrogen-bond acceptors (Lipinski definition) is 6. The number of carbonyl (C=O) groups is 3. The third-order valence-electron chi connectivity index (χ3n) is 11.4. The van der Waals surface area contributed by atoms with Gasteiger partial charge in [0.15, 0.2) is 12.1 Å². The SMILES string of the molecule is CCC/C=C/C=C/C=C/C=C/C=C/CCCCCCCC(=O)OCC(COCCC(C(=O)O)[N+](C)(C)C)OC(=O)CCCCCCCCC/C=C/C/C=C/CCCCCCCCCCC. The van der Waals surface area contributed by atoms with E-state index in [-0.39, 0.29) is 36.2 Å². The smallest absolute Gasteiger partial charge is 0.362 e. The Morgan fingerprint density at radius 2 is 0.908 bits per heavy atom. The van der Waals surface area contributed by atoms with E-state index in [1.165, 1.54) is 96.3 Å². The maximum absolute atomic E-state index is 12.8. The van der Waals surface area contributed by atoms with Gasteiger partial charge >= 0.3 is 17.9 Å². The molecule has 0 heterocycles. The summed E-state index contributed by atoms with van der Waals surface area (Å²) in [5, 5.41) is 9.66. The van der Waals surface area contributed by atoms with Gasteiger partial charge in [-0.05, 0) is 64.2 Å². The zero-order valence-corrected chi connectivity index (χ0v) is 42.4. The first-order valence-electron chi connectivity index (χ1n) is 26.2. The van der Waals surface area contributed by atoms with Crippen LogP contribution in [-0.2, 0) is 28.6 Å². The molecule has 0 aromatic rings. The number of carboxylic acid groups (broad SMARTS) is 1. The second-order valence-corrected chi connectivity index (χ2v) is 18.5. The van der Waals surface area contributed by atoms with Gasteiger partial charge in [-0.1, -0.05) is 208 Å². The Balaban J connectivity index is 4.31. The minimum absolute atomic E-state index is 0.0447. The summed E-state index contributed by atoms with van der Waals surface area (Å²) in [5.74, 6) is -1.51. The Kier molecular flexibility index (Phi) is 44.5. The summed E-state index contributed by atoms with van der Waals surface area (Å²) in [6.07, 6.45) is 62.0. The van der Waals surface area contributed by atoms with Gasteiger partial charge in [-0.25, -0.2) is 4.79 Å². The first kappa shape index (κ1) is 61.5. The highest BCUT2D eigenvalue weighted by atomic mass is 16.6. The van der Waals surface area contributed by atoms with Crippen LogP contribution in [0.4, 0.5) is 0 Å². The van der Waals surface area contributed by atoms with Crippen LogP contribution in [0.3, 0.4) is 0 Å². The van der Waals surface area contributed by atoms with Crippen molar-refractivity contribution < 1.29 is 38.2 Å². The predicted octanol–water partition coefficient (Wildman–Crippen LogP) is 15.3. The largest absolute Gasteiger partial charge is 0.477 e. The fraction of sp³-hybridized carbons (Fsp3) is 0.702. The first-order valence-corrected chi connectivity index (χ1v) is 26.2. The van der Waals surface area contributed by atoms with Crippen LogP contribution in [0.1, 0.15) is 206 Å². The predicted molar refractivity (Wildman–Crippen MR) is 275 cm³/mol. The van der Waals surface area contributed by atoms with Crippen molar-refractivity contribution in [2.75, 3.05) is 41.0 Å². The molecule has 0 bridgehead atoms. The van der Waals surface area contributed by atoms with E-state index < -0.39 is 18.1 Å². The lowest BCUT2D eigenvalue weighted by molar-refractivity contribution is -0.887. The quantitative estimate of drug-likeness (QED) is 0.0213. The molecule has 0 saturated heterocycles. The first-order chi connectivity index (χ1) is 31.6. The fourth-order valence-corrected chi connectivity index (χ4v) is 7.33. The number of unbranched alkanes of at least 4 members (excludes halogenated alkanes) is 22. The molecule has 8 nitrogen and oxygen atoms in total. The summed E-state index contributed by atoms with van der Waals surface area (Å²) in [6, 6.07) is -0.626. The normalized spacial score (nSPS) is 13.6. The van der Waals surface area contributed by atoms with E-state index in [1.54, 1.807) is 0 Å². The number of aliphatic carboxylic acids is 1. The number of carbonyl (C=O) groups excluding carboxylic acids is 2. The lowest BCUT2D eigenvalue weighted by atomic mass is 10.1. The summed E-state index contributed by atoms with van der Waals surface area (Å²) < 4.78 is 17.3. The Morgan fingerprint density at radius 1 is 0.477 bits per heavy atom. The highest BCUT2D eigenvalue weighted by molar-refractivity contribution is 5.72. The average Bonchev–Trinajstić information content (AvgIpc) is 3.27. The van der Waals surface area contributed by atoms with Gasteiger partial charge in [0.1, 0.15) is 6.61 Å². The van der Waals surface area contributed by atoms with Crippen molar-refractivity contribution in [2.24, 2.45) is 0 Å². The van der Waals surface area contributed by atoms with Crippen molar-refractivity contribution in [2.45, 2.75) is 219 Å². The van der Waals surface area contributed by atoms with E-state index in [4.69, 9.17) is 14.2 Å². The Labute approximate surface area is 399 Å². The highest BCUT2D eigenvalue weighted by Gasteiger charge is 2.31. The lowest BCUT2D eigenvalue weighted by Gasteiger charge is -2.31. The van der Waals surface area contributed by atoms with E-state index in [2.05, 4.69) is 62.5 Å². The number of hydrogen-bond donors (Lipinski definition) is 1. The van der Waals surface area contributed by atoms with E-state index >= 15 is 0 Å². The summed E-state index contributed by atoms with van der Waals surface area (Å²) in [5.41, 5.74) is 0. The number of quaternary nitrogens is 1. The fourth-order valence-electron chi connectivity index (χ4n) is 7.33. The van der Waals surface area contributed by atoms with E-state index in [0.29, 0.717) is 19.3 Å². The molecule has 0 aliphatic heterocycles. The maximum Gasteiger partial charge on any atom is 0.362 e. The molecule has 0 amide bonds. The molecule has 0 aliphatic rings. The molecule has 0 rings (SSSR count). The van der Waals surface area contributed by atoms with Crippen LogP contribution in [0.2, 0.25) is 0 Å². The molecule has 2 unspecified atom stereocenters. The molecule has 1 N–H and O–H groups in total. The zero-order valence-electron chi connectivity index (χ0n) is 42.4. The van der Waals surface area contributed by atoms with Crippen molar-refractivity contribution >= 4 is 17.9 Å². The number of likely N-dealkylation sites (N-methyl/N-ethyl adjacent to an activating group) is 1. The van der Waals surface area contributed by atoms with Crippen LogP contribution in [0.25, 0.3) is 0 Å². The van der Waals surface area contributed by atoms with Gasteiger partial charge in [-0.3, -0.25) is 9.59 Å². The molecule has 0 aromatic heterocycles. The molecule has 2 atom stereocenters. The van der Waals surface area contributed by atoms with Crippen molar-refractivity contribution in [1.29, 1.82) is 0 Å². The van der Waals surface area contributed by atoms with Gasteiger partial charge in [0.05, 0.1) is 34.4 Å².